The smallest absolute Gasteiger partial charge is 0.347 e. The quantitative estimate of drug-likeness (QED) is 0.767. The summed E-state index contributed by atoms with van der Waals surface area (Å²) in [7, 11) is 0. The van der Waals surface area contributed by atoms with Crippen molar-refractivity contribution in [2.45, 2.75) is 32.9 Å². The van der Waals surface area contributed by atoms with Crippen LogP contribution in [0.4, 0.5) is 0 Å². The molecule has 2 N–H and O–H groups in total. The van der Waals surface area contributed by atoms with E-state index in [1.807, 2.05) is 25.1 Å². The summed E-state index contributed by atoms with van der Waals surface area (Å²) in [5, 5.41) is 0. The third kappa shape index (κ3) is 4.07. The summed E-state index contributed by atoms with van der Waals surface area (Å²) in [6.45, 7) is 4.48. The first kappa shape index (κ1) is 13.5. The predicted molar refractivity (Wildman–Crippen MR) is 65.7 cm³/mol. The minimum absolute atomic E-state index is 0.326. The number of benzene rings is 1. The second-order valence-corrected chi connectivity index (χ2v) is 3.62. The molecule has 94 valence electrons. The van der Waals surface area contributed by atoms with Crippen molar-refractivity contribution in [2.75, 3.05) is 6.61 Å². The summed E-state index contributed by atoms with van der Waals surface area (Å²) in [6, 6.07) is 7.41. The lowest BCUT2D eigenvalue weighted by molar-refractivity contribution is -0.151. The normalized spacial score (nSPS) is 11.9. The molecule has 0 radical (unpaired) electrons. The van der Waals surface area contributed by atoms with Crippen LogP contribution in [0.15, 0.2) is 24.3 Å². The molecule has 1 atom stereocenters. The molecular weight excluding hydrogens is 218 g/mol. The molecule has 1 unspecified atom stereocenters. The van der Waals surface area contributed by atoms with Crippen LogP contribution in [0.5, 0.6) is 5.75 Å². The molecule has 4 heteroatoms. The fraction of sp³-hybridized carbons (Fsp3) is 0.462. The van der Waals surface area contributed by atoms with Gasteiger partial charge in [0.2, 0.25) is 0 Å². The first-order valence-electron chi connectivity index (χ1n) is 5.83. The summed E-state index contributed by atoms with van der Waals surface area (Å²) in [6.07, 6.45) is 0.0223. The maximum absolute atomic E-state index is 11.6. The summed E-state index contributed by atoms with van der Waals surface area (Å²) >= 11 is 0. The van der Waals surface area contributed by atoms with E-state index in [9.17, 15) is 4.79 Å². The van der Waals surface area contributed by atoms with Crippen LogP contribution in [-0.4, -0.2) is 18.7 Å². The van der Waals surface area contributed by atoms with E-state index in [1.54, 1.807) is 13.0 Å². The number of esters is 1. The van der Waals surface area contributed by atoms with Crippen molar-refractivity contribution in [3.05, 3.63) is 29.8 Å². The molecule has 0 saturated heterocycles. The fourth-order valence-corrected chi connectivity index (χ4v) is 1.44. The van der Waals surface area contributed by atoms with Crippen LogP contribution in [-0.2, 0) is 16.1 Å². The van der Waals surface area contributed by atoms with Crippen molar-refractivity contribution in [1.29, 1.82) is 0 Å². The third-order valence-corrected chi connectivity index (χ3v) is 2.33. The van der Waals surface area contributed by atoms with E-state index in [0.717, 1.165) is 5.56 Å². The van der Waals surface area contributed by atoms with Gasteiger partial charge >= 0.3 is 5.97 Å². The van der Waals surface area contributed by atoms with Gasteiger partial charge in [-0.15, -0.1) is 0 Å². The summed E-state index contributed by atoms with van der Waals surface area (Å²) < 4.78 is 10.5. The molecule has 0 saturated carbocycles. The fourth-order valence-electron chi connectivity index (χ4n) is 1.44. The van der Waals surface area contributed by atoms with Gasteiger partial charge in [0.05, 0.1) is 6.61 Å². The van der Waals surface area contributed by atoms with Crippen molar-refractivity contribution in [1.82, 2.24) is 0 Å². The Morgan fingerprint density at radius 3 is 2.76 bits per heavy atom. The Balaban J connectivity index is 2.69. The second kappa shape index (κ2) is 6.91. The van der Waals surface area contributed by atoms with Crippen LogP contribution >= 0.6 is 0 Å². The monoisotopic (exact) mass is 237 g/mol. The molecule has 1 aromatic carbocycles. The van der Waals surface area contributed by atoms with Gasteiger partial charge in [0.15, 0.2) is 6.10 Å². The van der Waals surface area contributed by atoms with E-state index in [-0.39, 0.29) is 5.97 Å². The van der Waals surface area contributed by atoms with Crippen LogP contribution in [0.1, 0.15) is 25.8 Å². The average molecular weight is 237 g/mol. The lowest BCUT2D eigenvalue weighted by Gasteiger charge is -2.16. The van der Waals surface area contributed by atoms with Crippen molar-refractivity contribution >= 4 is 5.97 Å². The number of carbonyl (C=O) groups is 1. The highest BCUT2D eigenvalue weighted by Crippen LogP contribution is 2.16. The van der Waals surface area contributed by atoms with Gasteiger partial charge < -0.3 is 15.2 Å². The zero-order valence-corrected chi connectivity index (χ0v) is 10.3. The van der Waals surface area contributed by atoms with Crippen LogP contribution < -0.4 is 10.5 Å². The Morgan fingerprint density at radius 1 is 1.41 bits per heavy atom. The second-order valence-electron chi connectivity index (χ2n) is 3.62. The Kier molecular flexibility index (Phi) is 5.49. The minimum Gasteiger partial charge on any atom is -0.479 e. The molecule has 0 aliphatic carbocycles. The predicted octanol–water partition coefficient (Wildman–Crippen LogP) is 1.87. The number of rotatable bonds is 6. The molecule has 0 aliphatic rings. The van der Waals surface area contributed by atoms with E-state index >= 15 is 0 Å². The molecule has 4 nitrogen and oxygen atoms in total. The Bertz CT molecular complexity index is 365. The van der Waals surface area contributed by atoms with Crippen molar-refractivity contribution in [2.24, 2.45) is 5.73 Å². The Morgan fingerprint density at radius 2 is 2.18 bits per heavy atom. The molecule has 1 aromatic rings. The highest BCUT2D eigenvalue weighted by molar-refractivity contribution is 5.75. The highest BCUT2D eigenvalue weighted by Gasteiger charge is 2.19. The topological polar surface area (TPSA) is 61.5 Å². The van der Waals surface area contributed by atoms with Crippen molar-refractivity contribution in [3.8, 4) is 5.75 Å². The van der Waals surface area contributed by atoms with Crippen LogP contribution in [0, 0.1) is 0 Å². The van der Waals surface area contributed by atoms with Gasteiger partial charge in [-0.3, -0.25) is 0 Å². The molecule has 1 rings (SSSR count). The van der Waals surface area contributed by atoms with E-state index in [4.69, 9.17) is 15.2 Å². The van der Waals surface area contributed by atoms with Gasteiger partial charge in [-0.2, -0.15) is 0 Å². The Hall–Kier alpha value is -1.55. The van der Waals surface area contributed by atoms with Gasteiger partial charge in [-0.1, -0.05) is 19.1 Å². The Labute approximate surface area is 102 Å². The maximum Gasteiger partial charge on any atom is 0.347 e. The molecule has 0 spiro atoms. The maximum atomic E-state index is 11.6. The summed E-state index contributed by atoms with van der Waals surface area (Å²) in [5.74, 6) is 0.320. The summed E-state index contributed by atoms with van der Waals surface area (Å²) in [4.78, 5) is 11.6. The standard InChI is InChI=1S/C13H19NO3/c1-3-12(13(15)16-4-2)17-11-7-5-6-10(8-11)9-14/h5-8,12H,3-4,9,14H2,1-2H3. The van der Waals surface area contributed by atoms with Gasteiger partial charge in [0, 0.05) is 6.54 Å². The number of hydrogen-bond donors (Lipinski definition) is 1. The lowest BCUT2D eigenvalue weighted by atomic mass is 10.2. The van der Waals surface area contributed by atoms with E-state index < -0.39 is 6.10 Å². The van der Waals surface area contributed by atoms with Crippen molar-refractivity contribution < 1.29 is 14.3 Å². The minimum atomic E-state index is -0.553. The number of hydrogen-bond acceptors (Lipinski definition) is 4. The first-order valence-corrected chi connectivity index (χ1v) is 5.83. The van der Waals surface area contributed by atoms with Crippen LogP contribution in [0.25, 0.3) is 0 Å². The first-order chi connectivity index (χ1) is 8.21. The molecule has 0 fully saturated rings. The van der Waals surface area contributed by atoms with E-state index in [2.05, 4.69) is 0 Å². The third-order valence-electron chi connectivity index (χ3n) is 2.33. The van der Waals surface area contributed by atoms with E-state index in [0.29, 0.717) is 25.3 Å². The largest absolute Gasteiger partial charge is 0.479 e. The van der Waals surface area contributed by atoms with Gasteiger partial charge in [0.25, 0.3) is 0 Å². The SMILES string of the molecule is CCOC(=O)C(CC)Oc1cccc(CN)c1. The lowest BCUT2D eigenvalue weighted by Crippen LogP contribution is -2.28. The van der Waals surface area contributed by atoms with Crippen LogP contribution in [0.2, 0.25) is 0 Å². The average Bonchev–Trinajstić information content (AvgIpc) is 2.36. The van der Waals surface area contributed by atoms with E-state index in [1.165, 1.54) is 0 Å². The zero-order chi connectivity index (χ0) is 12.7. The summed E-state index contributed by atoms with van der Waals surface area (Å²) in [5.41, 5.74) is 6.52. The molecule has 0 bridgehead atoms. The number of carbonyl (C=O) groups excluding carboxylic acids is 1. The van der Waals surface area contributed by atoms with Crippen molar-refractivity contribution in [3.63, 3.8) is 0 Å². The molecular formula is C13H19NO3. The highest BCUT2D eigenvalue weighted by atomic mass is 16.6. The molecule has 0 amide bonds. The number of nitrogens with two attached hydrogens (primary N) is 1. The molecule has 17 heavy (non-hydrogen) atoms. The van der Waals surface area contributed by atoms with Gasteiger partial charge in [0.1, 0.15) is 5.75 Å². The number of ether oxygens (including phenoxy) is 2. The molecule has 0 aromatic heterocycles. The zero-order valence-electron chi connectivity index (χ0n) is 10.3. The van der Waals surface area contributed by atoms with Gasteiger partial charge in [-0.25, -0.2) is 4.79 Å². The molecule has 0 aliphatic heterocycles. The van der Waals surface area contributed by atoms with Crippen LogP contribution in [0.3, 0.4) is 0 Å². The molecule has 0 heterocycles. The van der Waals surface area contributed by atoms with Gasteiger partial charge in [-0.05, 0) is 31.0 Å².